The molecule has 1 aliphatic rings. The Balaban J connectivity index is 1.89. The van der Waals surface area contributed by atoms with E-state index in [0.29, 0.717) is 18.5 Å². The van der Waals surface area contributed by atoms with Crippen LogP contribution < -0.4 is 5.32 Å². The summed E-state index contributed by atoms with van der Waals surface area (Å²) >= 11 is 5.32. The van der Waals surface area contributed by atoms with Gasteiger partial charge in [-0.2, -0.15) is 0 Å². The van der Waals surface area contributed by atoms with Gasteiger partial charge in [0.25, 0.3) is 0 Å². The minimum atomic E-state index is -0.504. The first-order valence-corrected chi connectivity index (χ1v) is 8.36. The molecule has 1 heterocycles. The first-order chi connectivity index (χ1) is 8.50. The van der Waals surface area contributed by atoms with Crippen LogP contribution in [0.15, 0.2) is 15.9 Å². The zero-order valence-electron chi connectivity index (χ0n) is 11.1. The third-order valence-electron chi connectivity index (χ3n) is 3.84. The summed E-state index contributed by atoms with van der Waals surface area (Å²) in [5, 5.41) is 16.2. The Labute approximate surface area is 122 Å². The van der Waals surface area contributed by atoms with Crippen LogP contribution >= 0.6 is 27.3 Å². The van der Waals surface area contributed by atoms with E-state index in [0.717, 1.165) is 23.7 Å². The van der Waals surface area contributed by atoms with Gasteiger partial charge in [0.05, 0.1) is 5.60 Å². The summed E-state index contributed by atoms with van der Waals surface area (Å²) in [4.78, 5) is 1.31. The minimum Gasteiger partial charge on any atom is -0.389 e. The van der Waals surface area contributed by atoms with Gasteiger partial charge < -0.3 is 10.4 Å². The highest BCUT2D eigenvalue weighted by Crippen LogP contribution is 2.33. The molecule has 1 aliphatic carbocycles. The molecular formula is C14H22BrNOS. The normalized spacial score (nSPS) is 30.3. The van der Waals surface area contributed by atoms with E-state index in [1.807, 2.05) is 0 Å². The standard InChI is InChI=1S/C14H22BrNOS/c1-10-4-3-6-14(17,8-10)9-16-11(2)13-12(15)5-7-18-13/h5,7,10-11,16-17H,3-4,6,8-9H2,1-2H3. The van der Waals surface area contributed by atoms with E-state index in [2.05, 4.69) is 46.5 Å². The van der Waals surface area contributed by atoms with Crippen molar-refractivity contribution in [2.24, 2.45) is 5.92 Å². The molecule has 3 atom stereocenters. The Morgan fingerprint density at radius 1 is 1.67 bits per heavy atom. The first kappa shape index (κ1) is 14.5. The highest BCUT2D eigenvalue weighted by atomic mass is 79.9. The van der Waals surface area contributed by atoms with Gasteiger partial charge in [-0.3, -0.25) is 0 Å². The van der Waals surface area contributed by atoms with Crippen LogP contribution in [0.4, 0.5) is 0 Å². The van der Waals surface area contributed by atoms with E-state index in [1.165, 1.54) is 11.3 Å². The smallest absolute Gasteiger partial charge is 0.0774 e. The van der Waals surface area contributed by atoms with E-state index in [-0.39, 0.29) is 0 Å². The summed E-state index contributed by atoms with van der Waals surface area (Å²) in [5.41, 5.74) is -0.504. The molecule has 2 rings (SSSR count). The van der Waals surface area contributed by atoms with Crippen LogP contribution in [0, 0.1) is 5.92 Å². The van der Waals surface area contributed by atoms with Gasteiger partial charge in [0.2, 0.25) is 0 Å². The molecule has 2 N–H and O–H groups in total. The molecule has 2 nitrogen and oxygen atoms in total. The Morgan fingerprint density at radius 3 is 3.06 bits per heavy atom. The molecular weight excluding hydrogens is 310 g/mol. The summed E-state index contributed by atoms with van der Waals surface area (Å²) in [5.74, 6) is 0.648. The van der Waals surface area contributed by atoms with Crippen molar-refractivity contribution >= 4 is 27.3 Å². The van der Waals surface area contributed by atoms with Gasteiger partial charge in [-0.1, -0.05) is 19.8 Å². The number of aliphatic hydroxyl groups is 1. The van der Waals surface area contributed by atoms with Gasteiger partial charge in [-0.05, 0) is 53.1 Å². The molecule has 0 aromatic carbocycles. The maximum Gasteiger partial charge on any atom is 0.0774 e. The third kappa shape index (κ3) is 3.56. The summed E-state index contributed by atoms with van der Waals surface area (Å²) < 4.78 is 1.16. The predicted octanol–water partition coefficient (Wildman–Crippen LogP) is 4.10. The zero-order valence-corrected chi connectivity index (χ0v) is 13.5. The molecule has 102 valence electrons. The summed E-state index contributed by atoms with van der Waals surface area (Å²) in [7, 11) is 0. The van der Waals surface area contributed by atoms with Gasteiger partial charge in [-0.25, -0.2) is 0 Å². The summed E-state index contributed by atoms with van der Waals surface area (Å²) in [6.07, 6.45) is 4.27. The second-order valence-corrected chi connectivity index (χ2v) is 7.46. The van der Waals surface area contributed by atoms with Crippen LogP contribution in [-0.2, 0) is 0 Å². The Kier molecular flexibility index (Phi) is 4.86. The van der Waals surface area contributed by atoms with E-state index >= 15 is 0 Å². The molecule has 18 heavy (non-hydrogen) atoms. The van der Waals surface area contributed by atoms with Crippen molar-refractivity contribution in [3.8, 4) is 0 Å². The summed E-state index contributed by atoms with van der Waals surface area (Å²) in [6.45, 7) is 5.10. The molecule has 1 fully saturated rings. The van der Waals surface area contributed by atoms with Gasteiger partial charge in [0.15, 0.2) is 0 Å². The molecule has 0 saturated heterocycles. The van der Waals surface area contributed by atoms with E-state index in [9.17, 15) is 5.11 Å². The van der Waals surface area contributed by atoms with E-state index in [1.54, 1.807) is 11.3 Å². The quantitative estimate of drug-likeness (QED) is 0.870. The van der Waals surface area contributed by atoms with Gasteiger partial charge in [0.1, 0.15) is 0 Å². The van der Waals surface area contributed by atoms with Crippen LogP contribution in [-0.4, -0.2) is 17.3 Å². The third-order valence-corrected chi connectivity index (χ3v) is 5.90. The molecule has 3 unspecified atom stereocenters. The molecule has 0 aliphatic heterocycles. The maximum atomic E-state index is 10.6. The number of hydrogen-bond acceptors (Lipinski definition) is 3. The molecule has 4 heteroatoms. The lowest BCUT2D eigenvalue weighted by Gasteiger charge is -2.36. The minimum absolute atomic E-state index is 0.292. The molecule has 0 radical (unpaired) electrons. The number of nitrogens with one attached hydrogen (secondary N) is 1. The SMILES string of the molecule is CC1CCCC(O)(CNC(C)c2sccc2Br)C1. The van der Waals surface area contributed by atoms with Crippen LogP contribution in [0.5, 0.6) is 0 Å². The predicted molar refractivity (Wildman–Crippen MR) is 81.0 cm³/mol. The maximum absolute atomic E-state index is 10.6. The Bertz CT molecular complexity index is 395. The second kappa shape index (κ2) is 6.04. The number of thiophene rings is 1. The number of hydrogen-bond donors (Lipinski definition) is 2. The van der Waals surface area contributed by atoms with Gasteiger partial charge in [0, 0.05) is 21.9 Å². The zero-order chi connectivity index (χ0) is 13.2. The van der Waals surface area contributed by atoms with E-state index in [4.69, 9.17) is 0 Å². The lowest BCUT2D eigenvalue weighted by atomic mass is 9.79. The topological polar surface area (TPSA) is 32.3 Å². The fourth-order valence-electron chi connectivity index (χ4n) is 2.84. The molecule has 1 aromatic rings. The summed E-state index contributed by atoms with van der Waals surface area (Å²) in [6, 6.07) is 2.37. The van der Waals surface area contributed by atoms with Gasteiger partial charge >= 0.3 is 0 Å². The lowest BCUT2D eigenvalue weighted by molar-refractivity contribution is -0.0133. The van der Waals surface area contributed by atoms with Crippen molar-refractivity contribution in [1.29, 1.82) is 0 Å². The van der Waals surface area contributed by atoms with Crippen molar-refractivity contribution in [2.75, 3.05) is 6.54 Å². The highest BCUT2D eigenvalue weighted by molar-refractivity contribution is 9.10. The van der Waals surface area contributed by atoms with Crippen molar-refractivity contribution in [3.63, 3.8) is 0 Å². The fraction of sp³-hybridized carbons (Fsp3) is 0.714. The monoisotopic (exact) mass is 331 g/mol. The lowest BCUT2D eigenvalue weighted by Crippen LogP contribution is -2.44. The van der Waals surface area contributed by atoms with Crippen molar-refractivity contribution in [3.05, 3.63) is 20.8 Å². The molecule has 0 amide bonds. The van der Waals surface area contributed by atoms with Crippen molar-refractivity contribution < 1.29 is 5.11 Å². The van der Waals surface area contributed by atoms with Crippen molar-refractivity contribution in [2.45, 2.75) is 51.2 Å². The fourth-order valence-corrected chi connectivity index (χ4v) is 4.59. The Hall–Kier alpha value is 0.100. The molecule has 1 aromatic heterocycles. The van der Waals surface area contributed by atoms with Gasteiger partial charge in [-0.15, -0.1) is 11.3 Å². The first-order valence-electron chi connectivity index (χ1n) is 6.69. The number of halogens is 1. The molecule has 1 saturated carbocycles. The average molecular weight is 332 g/mol. The van der Waals surface area contributed by atoms with E-state index < -0.39 is 5.60 Å². The number of rotatable bonds is 4. The molecule has 0 spiro atoms. The van der Waals surface area contributed by atoms with Crippen LogP contribution in [0.2, 0.25) is 0 Å². The molecule has 0 bridgehead atoms. The van der Waals surface area contributed by atoms with Crippen LogP contribution in [0.25, 0.3) is 0 Å². The van der Waals surface area contributed by atoms with Crippen LogP contribution in [0.3, 0.4) is 0 Å². The van der Waals surface area contributed by atoms with Crippen molar-refractivity contribution in [1.82, 2.24) is 5.32 Å². The average Bonchev–Trinajstić information content (AvgIpc) is 2.72. The largest absolute Gasteiger partial charge is 0.389 e. The Morgan fingerprint density at radius 2 is 2.44 bits per heavy atom. The van der Waals surface area contributed by atoms with Crippen LogP contribution in [0.1, 0.15) is 50.4 Å². The highest BCUT2D eigenvalue weighted by Gasteiger charge is 2.32. The second-order valence-electron chi connectivity index (χ2n) is 5.66.